The minimum Gasteiger partial charge on any atom is -0.310 e. The lowest BCUT2D eigenvalue weighted by Gasteiger charge is -2.19. The van der Waals surface area contributed by atoms with E-state index in [1.165, 1.54) is 30.4 Å². The predicted octanol–water partition coefficient (Wildman–Crippen LogP) is 3.95. The Hall–Kier alpha value is -0.820. The fraction of sp³-hybridized carbons (Fsp3) is 0.625. The molecule has 1 nitrogen and oxygen atoms in total. The molecule has 1 N–H and O–H groups in total. The van der Waals surface area contributed by atoms with Crippen LogP contribution in [-0.4, -0.2) is 6.54 Å². The molecule has 0 spiro atoms. The quantitative estimate of drug-likeness (QED) is 0.782. The molecule has 0 aliphatic heterocycles. The van der Waals surface area contributed by atoms with Gasteiger partial charge < -0.3 is 5.32 Å². The van der Waals surface area contributed by atoms with Crippen LogP contribution in [0.2, 0.25) is 0 Å². The Kier molecular flexibility index (Phi) is 4.22. The number of benzene rings is 1. The maximum absolute atomic E-state index is 3.66. The Balaban J connectivity index is 2.14. The van der Waals surface area contributed by atoms with E-state index in [0.29, 0.717) is 6.04 Å². The van der Waals surface area contributed by atoms with E-state index in [2.05, 4.69) is 50.4 Å². The first-order valence-electron chi connectivity index (χ1n) is 7.08. The molecule has 1 aromatic rings. The van der Waals surface area contributed by atoms with Crippen LogP contribution in [0.3, 0.4) is 0 Å². The van der Waals surface area contributed by atoms with Gasteiger partial charge in [0.1, 0.15) is 0 Å². The Labute approximate surface area is 106 Å². The molecule has 0 amide bonds. The van der Waals surface area contributed by atoms with Gasteiger partial charge in [-0.15, -0.1) is 0 Å². The van der Waals surface area contributed by atoms with Gasteiger partial charge in [0, 0.05) is 6.04 Å². The van der Waals surface area contributed by atoms with Gasteiger partial charge in [-0.1, -0.05) is 51.5 Å². The molecule has 3 unspecified atom stereocenters. The normalized spacial score (nSPS) is 24.6. The molecule has 1 saturated carbocycles. The average Bonchev–Trinajstić information content (AvgIpc) is 3.04. The van der Waals surface area contributed by atoms with Crippen LogP contribution in [0.15, 0.2) is 24.3 Å². The summed E-state index contributed by atoms with van der Waals surface area (Å²) < 4.78 is 0. The van der Waals surface area contributed by atoms with Gasteiger partial charge in [-0.05, 0) is 42.3 Å². The van der Waals surface area contributed by atoms with Crippen molar-refractivity contribution in [3.8, 4) is 0 Å². The SMILES string of the molecule is CCCc1cccc(C(NCC)C2CC2C)c1. The lowest BCUT2D eigenvalue weighted by molar-refractivity contribution is 0.475. The molecular weight excluding hydrogens is 206 g/mol. The fourth-order valence-electron chi connectivity index (χ4n) is 2.78. The van der Waals surface area contributed by atoms with E-state index in [0.717, 1.165) is 18.4 Å². The maximum Gasteiger partial charge on any atom is 0.0351 e. The van der Waals surface area contributed by atoms with E-state index in [1.807, 2.05) is 0 Å². The molecule has 94 valence electrons. The Morgan fingerprint density at radius 2 is 2.12 bits per heavy atom. The Bertz CT molecular complexity index is 358. The molecule has 1 fully saturated rings. The monoisotopic (exact) mass is 231 g/mol. The van der Waals surface area contributed by atoms with Gasteiger partial charge in [-0.25, -0.2) is 0 Å². The standard InChI is InChI=1S/C16H25N/c1-4-7-13-8-6-9-14(11-13)16(17-5-2)15-10-12(15)3/h6,8-9,11-12,15-17H,4-5,7,10H2,1-3H3. The molecule has 17 heavy (non-hydrogen) atoms. The first-order valence-corrected chi connectivity index (χ1v) is 7.08. The lowest BCUT2D eigenvalue weighted by atomic mass is 9.97. The number of aryl methyl sites for hydroxylation is 1. The third-order valence-electron chi connectivity index (χ3n) is 3.87. The minimum absolute atomic E-state index is 0.576. The number of nitrogens with one attached hydrogen (secondary N) is 1. The van der Waals surface area contributed by atoms with Crippen molar-refractivity contribution in [2.75, 3.05) is 6.54 Å². The average molecular weight is 231 g/mol. The Morgan fingerprint density at radius 3 is 2.71 bits per heavy atom. The van der Waals surface area contributed by atoms with Gasteiger partial charge in [0.2, 0.25) is 0 Å². The number of hydrogen-bond acceptors (Lipinski definition) is 1. The van der Waals surface area contributed by atoms with Gasteiger partial charge >= 0.3 is 0 Å². The summed E-state index contributed by atoms with van der Waals surface area (Å²) in [5, 5.41) is 3.66. The van der Waals surface area contributed by atoms with Crippen molar-refractivity contribution in [3.63, 3.8) is 0 Å². The first kappa shape index (κ1) is 12.6. The second kappa shape index (κ2) is 5.68. The van der Waals surface area contributed by atoms with E-state index >= 15 is 0 Å². The van der Waals surface area contributed by atoms with Crippen LogP contribution >= 0.6 is 0 Å². The molecular formula is C16H25N. The van der Waals surface area contributed by atoms with Crippen LogP contribution in [0.25, 0.3) is 0 Å². The third-order valence-corrected chi connectivity index (χ3v) is 3.87. The summed E-state index contributed by atoms with van der Waals surface area (Å²) in [7, 11) is 0. The van der Waals surface area contributed by atoms with Crippen molar-refractivity contribution in [1.82, 2.24) is 5.32 Å². The summed E-state index contributed by atoms with van der Waals surface area (Å²) in [6.07, 6.45) is 3.82. The van der Waals surface area contributed by atoms with E-state index in [1.54, 1.807) is 0 Å². The molecule has 0 radical (unpaired) electrons. The number of hydrogen-bond donors (Lipinski definition) is 1. The highest BCUT2D eigenvalue weighted by Crippen LogP contribution is 2.46. The molecule has 3 atom stereocenters. The van der Waals surface area contributed by atoms with Gasteiger partial charge in [0.05, 0.1) is 0 Å². The van der Waals surface area contributed by atoms with E-state index in [-0.39, 0.29) is 0 Å². The molecule has 1 aromatic carbocycles. The summed E-state index contributed by atoms with van der Waals surface area (Å²) in [6.45, 7) is 7.88. The molecule has 2 rings (SSSR count). The van der Waals surface area contributed by atoms with Crippen LogP contribution in [0.4, 0.5) is 0 Å². The molecule has 1 aliphatic carbocycles. The van der Waals surface area contributed by atoms with Gasteiger partial charge in [-0.2, -0.15) is 0 Å². The van der Waals surface area contributed by atoms with Gasteiger partial charge in [0.15, 0.2) is 0 Å². The highest BCUT2D eigenvalue weighted by atomic mass is 14.9. The van der Waals surface area contributed by atoms with E-state index < -0.39 is 0 Å². The lowest BCUT2D eigenvalue weighted by Crippen LogP contribution is -2.23. The summed E-state index contributed by atoms with van der Waals surface area (Å²) in [6, 6.07) is 9.75. The van der Waals surface area contributed by atoms with Crippen molar-refractivity contribution >= 4 is 0 Å². The van der Waals surface area contributed by atoms with Crippen LogP contribution in [-0.2, 0) is 6.42 Å². The first-order chi connectivity index (χ1) is 8.26. The molecule has 0 saturated heterocycles. The zero-order valence-electron chi connectivity index (χ0n) is 11.4. The molecule has 1 heteroatoms. The fourth-order valence-corrected chi connectivity index (χ4v) is 2.78. The smallest absolute Gasteiger partial charge is 0.0351 e. The summed E-state index contributed by atoms with van der Waals surface area (Å²) in [5.41, 5.74) is 2.98. The van der Waals surface area contributed by atoms with Crippen LogP contribution in [0.1, 0.15) is 50.8 Å². The van der Waals surface area contributed by atoms with Gasteiger partial charge in [-0.3, -0.25) is 0 Å². The molecule has 1 aliphatic rings. The molecule has 0 heterocycles. The van der Waals surface area contributed by atoms with Crippen molar-refractivity contribution in [2.24, 2.45) is 11.8 Å². The summed E-state index contributed by atoms with van der Waals surface area (Å²) in [4.78, 5) is 0. The van der Waals surface area contributed by atoms with Gasteiger partial charge in [0.25, 0.3) is 0 Å². The molecule has 0 aromatic heterocycles. The topological polar surface area (TPSA) is 12.0 Å². The summed E-state index contributed by atoms with van der Waals surface area (Å²) in [5.74, 6) is 1.75. The van der Waals surface area contributed by atoms with Crippen LogP contribution in [0, 0.1) is 11.8 Å². The van der Waals surface area contributed by atoms with Crippen LogP contribution in [0.5, 0.6) is 0 Å². The van der Waals surface area contributed by atoms with E-state index in [9.17, 15) is 0 Å². The second-order valence-corrected chi connectivity index (χ2v) is 5.41. The zero-order chi connectivity index (χ0) is 12.3. The minimum atomic E-state index is 0.576. The van der Waals surface area contributed by atoms with Crippen LogP contribution < -0.4 is 5.32 Å². The highest BCUT2D eigenvalue weighted by molar-refractivity contribution is 5.28. The Morgan fingerprint density at radius 1 is 1.35 bits per heavy atom. The van der Waals surface area contributed by atoms with Crippen molar-refractivity contribution < 1.29 is 0 Å². The maximum atomic E-state index is 3.66. The summed E-state index contributed by atoms with van der Waals surface area (Å²) >= 11 is 0. The third kappa shape index (κ3) is 3.10. The largest absolute Gasteiger partial charge is 0.310 e. The predicted molar refractivity (Wildman–Crippen MR) is 74.1 cm³/mol. The van der Waals surface area contributed by atoms with E-state index in [4.69, 9.17) is 0 Å². The molecule has 0 bridgehead atoms. The zero-order valence-corrected chi connectivity index (χ0v) is 11.4. The highest BCUT2D eigenvalue weighted by Gasteiger charge is 2.39. The second-order valence-electron chi connectivity index (χ2n) is 5.41. The van der Waals surface area contributed by atoms with Crippen molar-refractivity contribution in [2.45, 2.75) is 46.1 Å². The van der Waals surface area contributed by atoms with Crippen molar-refractivity contribution in [1.29, 1.82) is 0 Å². The van der Waals surface area contributed by atoms with Crippen molar-refractivity contribution in [3.05, 3.63) is 35.4 Å². The number of rotatable bonds is 6.